The number of carbonyl (C=O) groups excluding carboxylic acids is 1. The first-order valence-electron chi connectivity index (χ1n) is 6.89. The predicted octanol–water partition coefficient (Wildman–Crippen LogP) is 4.28. The molecule has 4 nitrogen and oxygen atoms in total. The molecule has 0 unspecified atom stereocenters. The summed E-state index contributed by atoms with van der Waals surface area (Å²) in [6, 6.07) is 13.7. The van der Waals surface area contributed by atoms with Crippen molar-refractivity contribution >= 4 is 58.1 Å². The number of hydrazone groups is 1. The van der Waals surface area contributed by atoms with Gasteiger partial charge in [-0.1, -0.05) is 47.6 Å². The number of phenols is 1. The fourth-order valence-corrected chi connectivity index (χ4v) is 3.25. The lowest BCUT2D eigenvalue weighted by Gasteiger charge is -2.06. The Bertz CT molecular complexity index is 846. The molecule has 3 rings (SSSR count). The molecule has 0 saturated carbocycles. The van der Waals surface area contributed by atoms with Crippen LogP contribution in [0.4, 0.5) is 0 Å². The number of hydrogen-bond donors (Lipinski definition) is 1. The van der Waals surface area contributed by atoms with E-state index in [0.29, 0.717) is 14.2 Å². The number of aromatic hydroxyl groups is 1. The SMILES string of the molecule is O=C1/C(=C\c2ccc(O)cc2)SC(=S)N1/N=C/c1ccc(Cl)cc1. The van der Waals surface area contributed by atoms with Gasteiger partial charge in [0, 0.05) is 5.02 Å². The Labute approximate surface area is 153 Å². The summed E-state index contributed by atoms with van der Waals surface area (Å²) in [5.74, 6) is -0.101. The van der Waals surface area contributed by atoms with Crippen LogP contribution in [0, 0.1) is 0 Å². The van der Waals surface area contributed by atoms with Crippen molar-refractivity contribution in [2.45, 2.75) is 0 Å². The minimum absolute atomic E-state index is 0.173. The summed E-state index contributed by atoms with van der Waals surface area (Å²) in [6.45, 7) is 0. The van der Waals surface area contributed by atoms with Gasteiger partial charge in [0.1, 0.15) is 5.75 Å². The van der Waals surface area contributed by atoms with Crippen molar-refractivity contribution in [2.24, 2.45) is 5.10 Å². The van der Waals surface area contributed by atoms with E-state index < -0.39 is 0 Å². The Balaban J connectivity index is 1.78. The summed E-state index contributed by atoms with van der Waals surface area (Å²) < 4.78 is 0.371. The second-order valence-corrected chi connectivity index (χ2v) is 6.99. The van der Waals surface area contributed by atoms with Gasteiger partial charge in [0.15, 0.2) is 4.32 Å². The zero-order valence-electron chi connectivity index (χ0n) is 12.2. The van der Waals surface area contributed by atoms with Crippen LogP contribution < -0.4 is 0 Å². The molecule has 120 valence electrons. The fraction of sp³-hybridized carbons (Fsp3) is 0. The van der Waals surface area contributed by atoms with Gasteiger partial charge in [-0.05, 0) is 53.7 Å². The summed E-state index contributed by atoms with van der Waals surface area (Å²) in [7, 11) is 0. The van der Waals surface area contributed by atoms with E-state index in [-0.39, 0.29) is 11.7 Å². The van der Waals surface area contributed by atoms with Gasteiger partial charge >= 0.3 is 0 Å². The van der Waals surface area contributed by atoms with E-state index in [2.05, 4.69) is 5.10 Å². The van der Waals surface area contributed by atoms with Gasteiger partial charge in [0.05, 0.1) is 11.1 Å². The Kier molecular flexibility index (Phi) is 4.99. The van der Waals surface area contributed by atoms with Crippen molar-refractivity contribution in [3.63, 3.8) is 0 Å². The highest BCUT2D eigenvalue weighted by Crippen LogP contribution is 2.32. The predicted molar refractivity (Wildman–Crippen MR) is 102 cm³/mol. The number of halogens is 1. The molecule has 1 heterocycles. The molecule has 0 bridgehead atoms. The molecule has 0 spiro atoms. The quantitative estimate of drug-likeness (QED) is 0.495. The van der Waals surface area contributed by atoms with Gasteiger partial charge < -0.3 is 5.11 Å². The molecule has 1 amide bonds. The van der Waals surface area contributed by atoms with Crippen LogP contribution >= 0.6 is 35.6 Å². The minimum Gasteiger partial charge on any atom is -0.508 e. The van der Waals surface area contributed by atoms with Gasteiger partial charge in [-0.15, -0.1) is 0 Å². The molecule has 1 N–H and O–H groups in total. The number of thioether (sulfide) groups is 1. The van der Waals surface area contributed by atoms with Crippen LogP contribution in [0.2, 0.25) is 5.02 Å². The summed E-state index contributed by atoms with van der Waals surface area (Å²) >= 11 is 12.2. The zero-order chi connectivity index (χ0) is 17.1. The Morgan fingerprint density at radius 1 is 1.08 bits per heavy atom. The lowest BCUT2D eigenvalue weighted by atomic mass is 10.2. The van der Waals surface area contributed by atoms with Crippen LogP contribution in [0.5, 0.6) is 5.75 Å². The van der Waals surface area contributed by atoms with E-state index in [1.54, 1.807) is 60.8 Å². The smallest absolute Gasteiger partial charge is 0.286 e. The van der Waals surface area contributed by atoms with Crippen LogP contribution in [0.25, 0.3) is 6.08 Å². The number of thiocarbonyl (C=S) groups is 1. The first kappa shape index (κ1) is 16.7. The van der Waals surface area contributed by atoms with Crippen LogP contribution in [0.15, 0.2) is 58.5 Å². The largest absolute Gasteiger partial charge is 0.508 e. The monoisotopic (exact) mass is 374 g/mol. The number of hydrogen-bond acceptors (Lipinski definition) is 5. The van der Waals surface area contributed by atoms with Crippen LogP contribution in [-0.2, 0) is 4.79 Å². The topological polar surface area (TPSA) is 52.9 Å². The fourth-order valence-electron chi connectivity index (χ4n) is 1.95. The molecule has 1 aliphatic heterocycles. The molecule has 0 radical (unpaired) electrons. The average Bonchev–Trinajstić information content (AvgIpc) is 2.83. The van der Waals surface area contributed by atoms with E-state index in [1.807, 2.05) is 0 Å². The van der Waals surface area contributed by atoms with Gasteiger partial charge in [0.25, 0.3) is 5.91 Å². The second-order valence-electron chi connectivity index (χ2n) is 4.88. The third-order valence-corrected chi connectivity index (χ3v) is 4.69. The van der Waals surface area contributed by atoms with Crippen molar-refractivity contribution in [3.05, 3.63) is 69.6 Å². The summed E-state index contributed by atoms with van der Waals surface area (Å²) in [5, 5.41) is 15.3. The van der Waals surface area contributed by atoms with Crippen molar-refractivity contribution in [1.29, 1.82) is 0 Å². The molecule has 7 heteroatoms. The molecule has 1 aliphatic rings. The lowest BCUT2D eigenvalue weighted by Crippen LogP contribution is -2.22. The third-order valence-electron chi connectivity index (χ3n) is 3.16. The first-order chi connectivity index (χ1) is 11.5. The number of carbonyl (C=O) groups is 1. The van der Waals surface area contributed by atoms with Crippen molar-refractivity contribution < 1.29 is 9.90 Å². The minimum atomic E-state index is -0.275. The number of amides is 1. The Morgan fingerprint density at radius 3 is 2.38 bits per heavy atom. The standard InChI is InChI=1S/C17H11ClN2O2S2/c18-13-5-1-12(2-6-13)10-19-20-16(22)15(24-17(20)23)9-11-3-7-14(21)8-4-11/h1-10,21H/b15-9+,19-10+. The highest BCUT2D eigenvalue weighted by Gasteiger charge is 2.31. The summed E-state index contributed by atoms with van der Waals surface area (Å²) in [5.41, 5.74) is 1.62. The van der Waals surface area contributed by atoms with E-state index in [9.17, 15) is 9.90 Å². The van der Waals surface area contributed by atoms with Gasteiger partial charge in [-0.3, -0.25) is 4.79 Å². The van der Waals surface area contributed by atoms with Crippen LogP contribution in [-0.4, -0.2) is 26.6 Å². The summed E-state index contributed by atoms with van der Waals surface area (Å²) in [4.78, 5) is 12.9. The van der Waals surface area contributed by atoms with Crippen molar-refractivity contribution in [1.82, 2.24) is 5.01 Å². The molecule has 24 heavy (non-hydrogen) atoms. The van der Waals surface area contributed by atoms with Crippen LogP contribution in [0.1, 0.15) is 11.1 Å². The maximum Gasteiger partial charge on any atom is 0.286 e. The van der Waals surface area contributed by atoms with Gasteiger partial charge in [-0.2, -0.15) is 10.1 Å². The van der Waals surface area contributed by atoms with E-state index in [1.165, 1.54) is 16.8 Å². The normalized spacial score (nSPS) is 16.5. The van der Waals surface area contributed by atoms with Gasteiger partial charge in [0.2, 0.25) is 0 Å². The van der Waals surface area contributed by atoms with Crippen LogP contribution in [0.3, 0.4) is 0 Å². The number of rotatable bonds is 3. The number of benzene rings is 2. The maximum atomic E-state index is 12.4. The Hall–Kier alpha value is -2.15. The molecular weight excluding hydrogens is 364 g/mol. The molecule has 0 atom stereocenters. The Morgan fingerprint density at radius 2 is 1.71 bits per heavy atom. The molecule has 2 aromatic rings. The zero-order valence-corrected chi connectivity index (χ0v) is 14.6. The molecule has 1 fully saturated rings. The van der Waals surface area contributed by atoms with Crippen molar-refractivity contribution in [2.75, 3.05) is 0 Å². The second kappa shape index (κ2) is 7.17. The third kappa shape index (κ3) is 3.84. The van der Waals surface area contributed by atoms with Crippen molar-refractivity contribution in [3.8, 4) is 5.75 Å². The molecule has 2 aromatic carbocycles. The highest BCUT2D eigenvalue weighted by molar-refractivity contribution is 8.26. The lowest BCUT2D eigenvalue weighted by molar-refractivity contribution is -0.122. The van der Waals surface area contributed by atoms with E-state index in [4.69, 9.17) is 23.8 Å². The van der Waals surface area contributed by atoms with Gasteiger partial charge in [-0.25, -0.2) is 0 Å². The van der Waals surface area contributed by atoms with E-state index in [0.717, 1.165) is 11.1 Å². The molecule has 0 aromatic heterocycles. The molecule has 0 aliphatic carbocycles. The maximum absolute atomic E-state index is 12.4. The number of phenolic OH excluding ortho intramolecular Hbond substituents is 1. The van der Waals surface area contributed by atoms with E-state index >= 15 is 0 Å². The molecule has 1 saturated heterocycles. The number of nitrogens with zero attached hydrogens (tertiary/aromatic N) is 2. The molecular formula is C17H11ClN2O2S2. The summed E-state index contributed by atoms with van der Waals surface area (Å²) in [6.07, 6.45) is 3.28. The first-order valence-corrected chi connectivity index (χ1v) is 8.50. The average molecular weight is 375 g/mol. The highest BCUT2D eigenvalue weighted by atomic mass is 35.5.